The molecule has 5 heteroatoms. The summed E-state index contributed by atoms with van der Waals surface area (Å²) in [6.07, 6.45) is 4.40. The SMILES string of the molecule is O=C(Nc1ccccc1Br)c1cncc(N2CCc3ccccc32)c1. The molecule has 124 valence electrons. The van der Waals surface area contributed by atoms with Crippen LogP contribution in [0.2, 0.25) is 0 Å². The maximum absolute atomic E-state index is 12.6. The van der Waals surface area contributed by atoms with Crippen molar-refractivity contribution < 1.29 is 4.79 Å². The number of carbonyl (C=O) groups excluding carboxylic acids is 1. The summed E-state index contributed by atoms with van der Waals surface area (Å²) < 4.78 is 0.848. The zero-order valence-electron chi connectivity index (χ0n) is 13.4. The molecule has 1 aromatic heterocycles. The third-order valence-electron chi connectivity index (χ3n) is 4.31. The van der Waals surface area contributed by atoms with E-state index in [1.165, 1.54) is 11.3 Å². The van der Waals surface area contributed by atoms with E-state index in [2.05, 4.69) is 49.3 Å². The first-order valence-corrected chi connectivity index (χ1v) is 8.88. The number of carbonyl (C=O) groups is 1. The Labute approximate surface area is 154 Å². The van der Waals surface area contributed by atoms with Crippen LogP contribution in [0.1, 0.15) is 15.9 Å². The molecule has 0 unspecified atom stereocenters. The Kier molecular flexibility index (Phi) is 4.24. The molecule has 25 heavy (non-hydrogen) atoms. The molecule has 1 N–H and O–H groups in total. The summed E-state index contributed by atoms with van der Waals surface area (Å²) in [6, 6.07) is 17.8. The third kappa shape index (κ3) is 3.15. The Balaban J connectivity index is 1.60. The van der Waals surface area contributed by atoms with Gasteiger partial charge in [0.25, 0.3) is 5.91 Å². The summed E-state index contributed by atoms with van der Waals surface area (Å²) in [7, 11) is 0. The van der Waals surface area contributed by atoms with E-state index in [1.807, 2.05) is 36.4 Å². The van der Waals surface area contributed by atoms with Crippen molar-refractivity contribution in [2.75, 3.05) is 16.8 Å². The number of para-hydroxylation sites is 2. The molecule has 2 aromatic carbocycles. The maximum atomic E-state index is 12.6. The normalized spacial score (nSPS) is 12.8. The summed E-state index contributed by atoms with van der Waals surface area (Å²) in [5.74, 6) is -0.172. The van der Waals surface area contributed by atoms with E-state index in [0.717, 1.165) is 28.8 Å². The number of amides is 1. The molecule has 0 fully saturated rings. The van der Waals surface area contributed by atoms with Gasteiger partial charge in [-0.1, -0.05) is 30.3 Å². The standard InChI is InChI=1S/C20H16BrN3O/c21-17-6-2-3-7-18(17)23-20(25)15-11-16(13-22-12-15)24-10-9-14-5-1-4-8-19(14)24/h1-8,11-13H,9-10H2,(H,23,25). The smallest absolute Gasteiger partial charge is 0.257 e. The number of anilines is 3. The van der Waals surface area contributed by atoms with Crippen LogP contribution >= 0.6 is 15.9 Å². The van der Waals surface area contributed by atoms with Gasteiger partial charge in [-0.15, -0.1) is 0 Å². The lowest BCUT2D eigenvalue weighted by molar-refractivity contribution is 0.102. The van der Waals surface area contributed by atoms with Gasteiger partial charge in [0, 0.05) is 22.9 Å². The highest BCUT2D eigenvalue weighted by Crippen LogP contribution is 2.34. The molecule has 4 rings (SSSR count). The molecule has 4 nitrogen and oxygen atoms in total. The Bertz CT molecular complexity index is 941. The average Bonchev–Trinajstić information content (AvgIpc) is 3.08. The number of nitrogens with one attached hydrogen (secondary N) is 1. The van der Waals surface area contributed by atoms with Crippen molar-refractivity contribution in [1.29, 1.82) is 0 Å². The van der Waals surface area contributed by atoms with E-state index >= 15 is 0 Å². The molecule has 3 aromatic rings. The van der Waals surface area contributed by atoms with E-state index in [-0.39, 0.29) is 5.91 Å². The first-order chi connectivity index (χ1) is 12.2. The molecule has 1 aliphatic rings. The minimum atomic E-state index is -0.172. The fourth-order valence-electron chi connectivity index (χ4n) is 3.06. The molecule has 0 saturated heterocycles. The highest BCUT2D eigenvalue weighted by Gasteiger charge is 2.21. The number of rotatable bonds is 3. The average molecular weight is 394 g/mol. The molecular formula is C20H16BrN3O. The first kappa shape index (κ1) is 15.8. The van der Waals surface area contributed by atoms with E-state index < -0.39 is 0 Å². The van der Waals surface area contributed by atoms with Gasteiger partial charge in [-0.3, -0.25) is 9.78 Å². The van der Waals surface area contributed by atoms with Crippen molar-refractivity contribution in [3.8, 4) is 0 Å². The number of fused-ring (bicyclic) bond motifs is 1. The van der Waals surface area contributed by atoms with Gasteiger partial charge in [-0.2, -0.15) is 0 Å². The van der Waals surface area contributed by atoms with Gasteiger partial charge in [0.05, 0.1) is 23.1 Å². The largest absolute Gasteiger partial charge is 0.340 e. The van der Waals surface area contributed by atoms with Crippen LogP contribution in [0.4, 0.5) is 17.1 Å². The number of hydrogen-bond donors (Lipinski definition) is 1. The molecular weight excluding hydrogens is 378 g/mol. The number of benzene rings is 2. The highest BCUT2D eigenvalue weighted by molar-refractivity contribution is 9.10. The monoisotopic (exact) mass is 393 g/mol. The van der Waals surface area contributed by atoms with Crippen LogP contribution in [0.5, 0.6) is 0 Å². The molecule has 0 saturated carbocycles. The quantitative estimate of drug-likeness (QED) is 0.695. The Morgan fingerprint density at radius 2 is 1.88 bits per heavy atom. The van der Waals surface area contributed by atoms with Crippen molar-refractivity contribution in [3.63, 3.8) is 0 Å². The third-order valence-corrected chi connectivity index (χ3v) is 5.00. The minimum Gasteiger partial charge on any atom is -0.340 e. The van der Waals surface area contributed by atoms with Gasteiger partial charge in [0.15, 0.2) is 0 Å². The highest BCUT2D eigenvalue weighted by atomic mass is 79.9. The summed E-state index contributed by atoms with van der Waals surface area (Å²) >= 11 is 3.45. The van der Waals surface area contributed by atoms with Gasteiger partial charge >= 0.3 is 0 Å². The van der Waals surface area contributed by atoms with Crippen LogP contribution in [0.25, 0.3) is 0 Å². The summed E-state index contributed by atoms with van der Waals surface area (Å²) in [4.78, 5) is 19.1. The van der Waals surface area contributed by atoms with E-state index in [0.29, 0.717) is 5.56 Å². The van der Waals surface area contributed by atoms with Crippen LogP contribution in [0.3, 0.4) is 0 Å². The van der Waals surface area contributed by atoms with Crippen LogP contribution in [-0.4, -0.2) is 17.4 Å². The molecule has 2 heterocycles. The topological polar surface area (TPSA) is 45.2 Å². The number of nitrogens with zero attached hydrogens (tertiary/aromatic N) is 2. The predicted octanol–water partition coefficient (Wildman–Crippen LogP) is 4.79. The zero-order valence-corrected chi connectivity index (χ0v) is 15.0. The lowest BCUT2D eigenvalue weighted by Crippen LogP contribution is -2.16. The molecule has 1 aliphatic heterocycles. The Morgan fingerprint density at radius 1 is 1.08 bits per heavy atom. The van der Waals surface area contributed by atoms with Crippen molar-refractivity contribution in [2.24, 2.45) is 0 Å². The molecule has 0 aliphatic carbocycles. The van der Waals surface area contributed by atoms with Crippen molar-refractivity contribution in [2.45, 2.75) is 6.42 Å². The van der Waals surface area contributed by atoms with Crippen molar-refractivity contribution in [3.05, 3.63) is 82.6 Å². The van der Waals surface area contributed by atoms with Crippen LogP contribution in [0.15, 0.2) is 71.5 Å². The number of hydrogen-bond acceptors (Lipinski definition) is 3. The second kappa shape index (κ2) is 6.69. The fraction of sp³-hybridized carbons (Fsp3) is 0.100. The van der Waals surface area contributed by atoms with Crippen molar-refractivity contribution >= 4 is 38.9 Å². The molecule has 0 radical (unpaired) electrons. The van der Waals surface area contributed by atoms with Crippen LogP contribution in [0, 0.1) is 0 Å². The number of halogens is 1. The predicted molar refractivity (Wildman–Crippen MR) is 103 cm³/mol. The van der Waals surface area contributed by atoms with Gasteiger partial charge in [0.1, 0.15) is 0 Å². The second-order valence-corrected chi connectivity index (χ2v) is 6.75. The molecule has 0 spiro atoms. The van der Waals surface area contributed by atoms with Crippen molar-refractivity contribution in [1.82, 2.24) is 4.98 Å². The summed E-state index contributed by atoms with van der Waals surface area (Å²) in [5.41, 5.74) is 4.73. The van der Waals surface area contributed by atoms with Gasteiger partial charge in [0.2, 0.25) is 0 Å². The lowest BCUT2D eigenvalue weighted by Gasteiger charge is -2.19. The van der Waals surface area contributed by atoms with E-state index in [4.69, 9.17) is 0 Å². The number of aromatic nitrogens is 1. The summed E-state index contributed by atoms with van der Waals surface area (Å²) in [5, 5.41) is 2.92. The van der Waals surface area contributed by atoms with E-state index in [9.17, 15) is 4.79 Å². The summed E-state index contributed by atoms with van der Waals surface area (Å²) in [6.45, 7) is 0.899. The number of pyridine rings is 1. The van der Waals surface area contributed by atoms with Gasteiger partial charge in [-0.25, -0.2) is 0 Å². The fourth-order valence-corrected chi connectivity index (χ4v) is 3.45. The molecule has 1 amide bonds. The maximum Gasteiger partial charge on any atom is 0.257 e. The van der Waals surface area contributed by atoms with Crippen LogP contribution in [-0.2, 0) is 6.42 Å². The Morgan fingerprint density at radius 3 is 2.76 bits per heavy atom. The van der Waals surface area contributed by atoms with E-state index in [1.54, 1.807) is 12.4 Å². The minimum absolute atomic E-state index is 0.172. The molecule has 0 bridgehead atoms. The second-order valence-electron chi connectivity index (χ2n) is 5.90. The lowest BCUT2D eigenvalue weighted by atomic mass is 10.2. The first-order valence-electron chi connectivity index (χ1n) is 8.09. The molecule has 0 atom stereocenters. The van der Waals surface area contributed by atoms with Gasteiger partial charge < -0.3 is 10.2 Å². The van der Waals surface area contributed by atoms with Gasteiger partial charge in [-0.05, 0) is 52.2 Å². The zero-order chi connectivity index (χ0) is 17.2. The Hall–Kier alpha value is -2.66. The van der Waals surface area contributed by atoms with Crippen LogP contribution < -0.4 is 10.2 Å².